The Morgan fingerprint density at radius 3 is 1.94 bits per heavy atom. The third-order valence-corrected chi connectivity index (χ3v) is 2.16. The van der Waals surface area contributed by atoms with Crippen molar-refractivity contribution in [1.29, 1.82) is 0 Å². The summed E-state index contributed by atoms with van der Waals surface area (Å²) in [6, 6.07) is 18.6. The Balaban J connectivity index is 1.94. The molecule has 2 aromatic carbocycles. The topological polar surface area (TPSA) is 18.5 Å². The fraction of sp³-hybridized carbons (Fsp3) is 0. The van der Waals surface area contributed by atoms with Gasteiger partial charge < -0.3 is 9.47 Å². The van der Waals surface area contributed by atoms with Gasteiger partial charge in [0.15, 0.2) is 0 Å². The maximum atomic E-state index is 5.88. The van der Waals surface area contributed by atoms with Gasteiger partial charge in [-0.1, -0.05) is 36.4 Å². The van der Waals surface area contributed by atoms with E-state index in [4.69, 9.17) is 21.1 Å². The monoisotopic (exact) mass is 246 g/mol. The summed E-state index contributed by atoms with van der Waals surface area (Å²) in [6.07, 6.45) is 1.36. The lowest BCUT2D eigenvalue weighted by molar-refractivity contribution is 0.408. The fourth-order valence-corrected chi connectivity index (χ4v) is 1.37. The zero-order chi connectivity index (χ0) is 11.9. The maximum absolute atomic E-state index is 5.88. The molecule has 0 saturated carbocycles. The summed E-state index contributed by atoms with van der Waals surface area (Å²) in [4.78, 5) is 0. The van der Waals surface area contributed by atoms with E-state index >= 15 is 0 Å². The Labute approximate surface area is 105 Å². The second-order valence-electron chi connectivity index (χ2n) is 3.27. The number of rotatable bonds is 4. The molecule has 2 aromatic rings. The molecule has 0 aliphatic carbocycles. The molecule has 0 fully saturated rings. The van der Waals surface area contributed by atoms with Gasteiger partial charge in [0.25, 0.3) is 0 Å². The first-order chi connectivity index (χ1) is 8.34. The average molecular weight is 247 g/mol. The summed E-state index contributed by atoms with van der Waals surface area (Å²) in [5.74, 6) is 1.38. The van der Waals surface area contributed by atoms with E-state index in [2.05, 4.69) is 0 Å². The number of halogens is 1. The molecule has 0 saturated heterocycles. The van der Waals surface area contributed by atoms with Crippen LogP contribution in [0.15, 0.2) is 72.1 Å². The number of hydrogen-bond donors (Lipinski definition) is 0. The van der Waals surface area contributed by atoms with Crippen LogP contribution in [0.5, 0.6) is 11.5 Å². The van der Waals surface area contributed by atoms with Gasteiger partial charge in [0.1, 0.15) is 17.8 Å². The summed E-state index contributed by atoms with van der Waals surface area (Å²) < 4.78 is 10.7. The highest BCUT2D eigenvalue weighted by Gasteiger charge is 1.97. The molecule has 0 aromatic heterocycles. The van der Waals surface area contributed by atoms with Gasteiger partial charge in [-0.3, -0.25) is 0 Å². The quantitative estimate of drug-likeness (QED) is 0.754. The molecule has 0 aliphatic heterocycles. The minimum Gasteiger partial charge on any atom is -0.460 e. The first kappa shape index (κ1) is 11.6. The van der Waals surface area contributed by atoms with Crippen LogP contribution in [-0.4, -0.2) is 0 Å². The van der Waals surface area contributed by atoms with Gasteiger partial charge >= 0.3 is 0 Å². The predicted molar refractivity (Wildman–Crippen MR) is 68.1 cm³/mol. The van der Waals surface area contributed by atoms with Crippen molar-refractivity contribution in [3.63, 3.8) is 0 Å². The fourth-order valence-electron chi connectivity index (χ4n) is 1.24. The van der Waals surface area contributed by atoms with E-state index in [0.717, 1.165) is 0 Å². The molecule has 0 aliphatic rings. The summed E-state index contributed by atoms with van der Waals surface area (Å²) in [7, 11) is 0. The van der Waals surface area contributed by atoms with E-state index in [-0.39, 0.29) is 5.22 Å². The van der Waals surface area contributed by atoms with E-state index in [0.29, 0.717) is 11.5 Å². The molecule has 86 valence electrons. The molecule has 0 bridgehead atoms. The van der Waals surface area contributed by atoms with Gasteiger partial charge in [0, 0.05) is 0 Å². The zero-order valence-corrected chi connectivity index (χ0v) is 9.80. The second kappa shape index (κ2) is 5.97. The highest BCUT2D eigenvalue weighted by molar-refractivity contribution is 6.28. The smallest absolute Gasteiger partial charge is 0.228 e. The van der Waals surface area contributed by atoms with Gasteiger partial charge in [-0.25, -0.2) is 0 Å². The molecule has 0 unspecified atom stereocenters. The van der Waals surface area contributed by atoms with Crippen molar-refractivity contribution in [2.24, 2.45) is 0 Å². The molecule has 2 nitrogen and oxygen atoms in total. The number of ether oxygens (including phenoxy) is 2. The van der Waals surface area contributed by atoms with Crippen LogP contribution in [0.25, 0.3) is 0 Å². The van der Waals surface area contributed by atoms with Gasteiger partial charge in [0.2, 0.25) is 5.22 Å². The van der Waals surface area contributed by atoms with Gasteiger partial charge in [-0.2, -0.15) is 0 Å². The lowest BCUT2D eigenvalue weighted by atomic mass is 10.3. The van der Waals surface area contributed by atoms with E-state index in [1.165, 1.54) is 6.26 Å². The first-order valence-corrected chi connectivity index (χ1v) is 5.53. The average Bonchev–Trinajstić information content (AvgIpc) is 2.39. The Hall–Kier alpha value is -1.93. The zero-order valence-electron chi connectivity index (χ0n) is 9.05. The van der Waals surface area contributed by atoms with Crippen molar-refractivity contribution in [1.82, 2.24) is 0 Å². The van der Waals surface area contributed by atoms with Crippen molar-refractivity contribution in [2.75, 3.05) is 0 Å². The van der Waals surface area contributed by atoms with E-state index < -0.39 is 0 Å². The molecule has 2 rings (SSSR count). The molecule has 0 spiro atoms. The van der Waals surface area contributed by atoms with Crippen LogP contribution in [0, 0.1) is 0 Å². The molecule has 0 amide bonds. The molecule has 0 N–H and O–H groups in total. The summed E-state index contributed by atoms with van der Waals surface area (Å²) >= 11 is 5.88. The first-order valence-electron chi connectivity index (χ1n) is 5.15. The van der Waals surface area contributed by atoms with Gasteiger partial charge in [-0.15, -0.1) is 0 Å². The summed E-state index contributed by atoms with van der Waals surface area (Å²) in [6.45, 7) is 0. The van der Waals surface area contributed by atoms with E-state index in [1.807, 2.05) is 60.7 Å². The molecule has 17 heavy (non-hydrogen) atoms. The number of hydrogen-bond acceptors (Lipinski definition) is 2. The number of para-hydroxylation sites is 2. The van der Waals surface area contributed by atoms with Crippen molar-refractivity contribution >= 4 is 11.6 Å². The standard InChI is InChI=1S/C14H11ClO2/c15-14(17-13-9-5-2-6-10-13)11-16-12-7-3-1-4-8-12/h1-11H/b14-11+. The maximum Gasteiger partial charge on any atom is 0.228 e. The van der Waals surface area contributed by atoms with E-state index in [1.54, 1.807) is 0 Å². The predicted octanol–water partition coefficient (Wildman–Crippen LogP) is 4.18. The summed E-state index contributed by atoms with van der Waals surface area (Å²) in [5, 5.41) is 0.181. The highest BCUT2D eigenvalue weighted by atomic mass is 35.5. The Morgan fingerprint density at radius 2 is 1.35 bits per heavy atom. The van der Waals surface area contributed by atoms with Crippen LogP contribution in [0.4, 0.5) is 0 Å². The third-order valence-electron chi connectivity index (χ3n) is 1.99. The Morgan fingerprint density at radius 1 is 0.824 bits per heavy atom. The van der Waals surface area contributed by atoms with Crippen molar-refractivity contribution < 1.29 is 9.47 Å². The minimum atomic E-state index is 0.181. The molecular formula is C14H11ClO2. The Bertz CT molecular complexity index is 480. The molecule has 0 heterocycles. The second-order valence-corrected chi connectivity index (χ2v) is 3.64. The molecule has 0 radical (unpaired) electrons. The highest BCUT2D eigenvalue weighted by Crippen LogP contribution is 2.16. The van der Waals surface area contributed by atoms with Crippen LogP contribution >= 0.6 is 11.6 Å². The Kier molecular flexibility index (Phi) is 4.05. The van der Waals surface area contributed by atoms with Crippen LogP contribution < -0.4 is 9.47 Å². The lowest BCUT2D eigenvalue weighted by Crippen LogP contribution is -1.91. The summed E-state index contributed by atoms with van der Waals surface area (Å²) in [5.41, 5.74) is 0. The van der Waals surface area contributed by atoms with Crippen molar-refractivity contribution in [3.05, 3.63) is 72.1 Å². The molecule has 0 atom stereocenters. The minimum absolute atomic E-state index is 0.181. The van der Waals surface area contributed by atoms with Gasteiger partial charge in [-0.05, 0) is 35.9 Å². The SMILES string of the molecule is Cl/C(=C\Oc1ccccc1)Oc1ccccc1. The van der Waals surface area contributed by atoms with Crippen LogP contribution in [0.3, 0.4) is 0 Å². The largest absolute Gasteiger partial charge is 0.460 e. The number of benzene rings is 2. The van der Waals surface area contributed by atoms with Crippen molar-refractivity contribution in [2.45, 2.75) is 0 Å². The van der Waals surface area contributed by atoms with Crippen LogP contribution in [0.1, 0.15) is 0 Å². The van der Waals surface area contributed by atoms with Gasteiger partial charge in [0.05, 0.1) is 0 Å². The van der Waals surface area contributed by atoms with Crippen LogP contribution in [0.2, 0.25) is 0 Å². The lowest BCUT2D eigenvalue weighted by Gasteiger charge is -2.04. The normalized spacial score (nSPS) is 11.0. The van der Waals surface area contributed by atoms with Crippen LogP contribution in [-0.2, 0) is 0 Å². The van der Waals surface area contributed by atoms with E-state index in [9.17, 15) is 0 Å². The third kappa shape index (κ3) is 3.85. The molecule has 3 heteroatoms. The molecular weight excluding hydrogens is 236 g/mol. The van der Waals surface area contributed by atoms with Crippen molar-refractivity contribution in [3.8, 4) is 11.5 Å².